The highest BCUT2D eigenvalue weighted by Crippen LogP contribution is 2.25. The van der Waals surface area contributed by atoms with E-state index in [4.69, 9.17) is 16.3 Å². The zero-order chi connectivity index (χ0) is 16.6. The van der Waals surface area contributed by atoms with Gasteiger partial charge in [0.05, 0.1) is 5.02 Å². The van der Waals surface area contributed by atoms with Gasteiger partial charge in [0.2, 0.25) is 5.90 Å². The summed E-state index contributed by atoms with van der Waals surface area (Å²) in [6.07, 6.45) is 1.30. The van der Waals surface area contributed by atoms with E-state index in [0.29, 0.717) is 5.56 Å². The predicted octanol–water partition coefficient (Wildman–Crippen LogP) is 4.44. The number of rotatable bonds is 2. The Morgan fingerprint density at radius 2 is 1.96 bits per heavy atom. The first-order valence-corrected chi connectivity index (χ1v) is 7.37. The van der Waals surface area contributed by atoms with Crippen LogP contribution in [0.2, 0.25) is 5.02 Å². The third kappa shape index (κ3) is 3.03. The number of aliphatic imine (C=N–C) groups is 1. The first kappa shape index (κ1) is 15.4. The molecule has 0 saturated heterocycles. The summed E-state index contributed by atoms with van der Waals surface area (Å²) in [5.74, 6) is -0.943. The number of hydrogen-bond acceptors (Lipinski definition) is 3. The number of nitrogens with zero attached hydrogens (tertiary/aromatic N) is 1. The molecular formula is C18H13ClFNO2. The summed E-state index contributed by atoms with van der Waals surface area (Å²) >= 11 is 5.96. The van der Waals surface area contributed by atoms with Crippen molar-refractivity contribution in [3.05, 3.63) is 75.2 Å². The quantitative estimate of drug-likeness (QED) is 0.603. The molecule has 0 bridgehead atoms. The lowest BCUT2D eigenvalue weighted by atomic mass is 10.1. The first-order chi connectivity index (χ1) is 11.0. The minimum absolute atomic E-state index is 0.0187. The van der Waals surface area contributed by atoms with Crippen LogP contribution in [-0.4, -0.2) is 11.9 Å². The van der Waals surface area contributed by atoms with Crippen LogP contribution in [0.1, 0.15) is 22.3 Å². The topological polar surface area (TPSA) is 38.7 Å². The lowest BCUT2D eigenvalue weighted by Crippen LogP contribution is -2.05. The molecule has 5 heteroatoms. The number of carbonyl (C=O) groups is 1. The van der Waals surface area contributed by atoms with Crippen molar-refractivity contribution in [2.45, 2.75) is 13.8 Å². The van der Waals surface area contributed by atoms with Crippen molar-refractivity contribution in [2.24, 2.45) is 4.99 Å². The minimum atomic E-state index is -0.627. The molecule has 0 radical (unpaired) electrons. The van der Waals surface area contributed by atoms with E-state index < -0.39 is 11.8 Å². The zero-order valence-electron chi connectivity index (χ0n) is 12.6. The molecule has 1 aliphatic heterocycles. The number of benzene rings is 2. The van der Waals surface area contributed by atoms with Gasteiger partial charge in [-0.1, -0.05) is 23.7 Å². The molecule has 2 aromatic rings. The Morgan fingerprint density at radius 1 is 1.17 bits per heavy atom. The smallest absolute Gasteiger partial charge is 0.363 e. The fourth-order valence-electron chi connectivity index (χ4n) is 2.19. The van der Waals surface area contributed by atoms with Crippen LogP contribution < -0.4 is 0 Å². The molecule has 0 N–H and O–H groups in total. The van der Waals surface area contributed by atoms with Crippen LogP contribution in [0.5, 0.6) is 0 Å². The minimum Gasteiger partial charge on any atom is -0.402 e. The second-order valence-corrected chi connectivity index (χ2v) is 5.68. The number of ether oxygens (including phenoxy) is 1. The first-order valence-electron chi connectivity index (χ1n) is 7.00. The Balaban J connectivity index is 2.01. The highest BCUT2D eigenvalue weighted by molar-refractivity contribution is 6.32. The summed E-state index contributed by atoms with van der Waals surface area (Å²) in [5.41, 5.74) is 3.03. The summed E-state index contributed by atoms with van der Waals surface area (Å²) in [5, 5.41) is 0.208. The second-order valence-electron chi connectivity index (χ2n) is 5.27. The number of cyclic esters (lactones) is 1. The molecule has 116 valence electrons. The maximum atomic E-state index is 13.8. The van der Waals surface area contributed by atoms with E-state index in [1.807, 2.05) is 32.0 Å². The SMILES string of the molecule is Cc1ccc(C2=N/C(=C\c3c(F)cccc3Cl)C(=O)O2)cc1C. The van der Waals surface area contributed by atoms with Crippen molar-refractivity contribution in [1.29, 1.82) is 0 Å². The van der Waals surface area contributed by atoms with Gasteiger partial charge in [0.15, 0.2) is 5.70 Å². The highest BCUT2D eigenvalue weighted by atomic mass is 35.5. The van der Waals surface area contributed by atoms with E-state index in [-0.39, 0.29) is 22.2 Å². The Kier molecular flexibility index (Phi) is 4.01. The maximum absolute atomic E-state index is 13.8. The number of aryl methyl sites for hydroxylation is 2. The molecule has 0 atom stereocenters. The van der Waals surface area contributed by atoms with Crippen molar-refractivity contribution >= 4 is 29.5 Å². The Bertz CT molecular complexity index is 851. The van der Waals surface area contributed by atoms with Crippen LogP contribution in [0.3, 0.4) is 0 Å². The van der Waals surface area contributed by atoms with Crippen LogP contribution in [0.25, 0.3) is 6.08 Å². The molecule has 0 spiro atoms. The van der Waals surface area contributed by atoms with Crippen LogP contribution in [-0.2, 0) is 9.53 Å². The standard InChI is InChI=1S/C18H13ClFNO2/c1-10-6-7-12(8-11(10)2)17-21-16(18(22)23-17)9-13-14(19)4-3-5-15(13)20/h3-9H,1-2H3/b16-9-. The van der Waals surface area contributed by atoms with E-state index in [0.717, 1.165) is 11.1 Å². The average molecular weight is 330 g/mol. The Labute approximate surface area is 138 Å². The lowest BCUT2D eigenvalue weighted by Gasteiger charge is -2.03. The van der Waals surface area contributed by atoms with Crippen LogP contribution >= 0.6 is 11.6 Å². The van der Waals surface area contributed by atoms with Crippen LogP contribution in [0.4, 0.5) is 4.39 Å². The molecular weight excluding hydrogens is 317 g/mol. The molecule has 1 aliphatic rings. The number of halogens is 2. The van der Waals surface area contributed by atoms with Crippen molar-refractivity contribution < 1.29 is 13.9 Å². The third-order valence-corrected chi connectivity index (χ3v) is 3.98. The number of hydrogen-bond donors (Lipinski definition) is 0. The third-order valence-electron chi connectivity index (χ3n) is 3.66. The molecule has 0 fully saturated rings. The average Bonchev–Trinajstić information content (AvgIpc) is 2.87. The molecule has 0 amide bonds. The van der Waals surface area contributed by atoms with Gasteiger partial charge in [-0.25, -0.2) is 14.2 Å². The van der Waals surface area contributed by atoms with Crippen LogP contribution in [0.15, 0.2) is 47.1 Å². The molecule has 0 saturated carbocycles. The largest absolute Gasteiger partial charge is 0.402 e. The molecule has 23 heavy (non-hydrogen) atoms. The van der Waals surface area contributed by atoms with Gasteiger partial charge in [0, 0.05) is 11.1 Å². The summed E-state index contributed by atoms with van der Waals surface area (Å²) in [4.78, 5) is 16.1. The van der Waals surface area contributed by atoms with E-state index in [2.05, 4.69) is 4.99 Å². The normalized spacial score (nSPS) is 15.7. The van der Waals surface area contributed by atoms with E-state index in [1.165, 1.54) is 18.2 Å². The molecule has 2 aromatic carbocycles. The van der Waals surface area contributed by atoms with Gasteiger partial charge >= 0.3 is 5.97 Å². The van der Waals surface area contributed by atoms with E-state index in [9.17, 15) is 9.18 Å². The molecule has 0 aromatic heterocycles. The van der Waals surface area contributed by atoms with Gasteiger partial charge in [-0.2, -0.15) is 0 Å². The van der Waals surface area contributed by atoms with E-state index in [1.54, 1.807) is 6.07 Å². The molecule has 0 unspecified atom stereocenters. The van der Waals surface area contributed by atoms with Crippen LogP contribution in [0, 0.1) is 19.7 Å². The predicted molar refractivity (Wildman–Crippen MR) is 87.9 cm³/mol. The van der Waals surface area contributed by atoms with Crippen molar-refractivity contribution in [2.75, 3.05) is 0 Å². The van der Waals surface area contributed by atoms with Crippen molar-refractivity contribution in [1.82, 2.24) is 0 Å². The van der Waals surface area contributed by atoms with Gasteiger partial charge in [0.1, 0.15) is 5.82 Å². The maximum Gasteiger partial charge on any atom is 0.363 e. The number of esters is 1. The fraction of sp³-hybridized carbons (Fsp3) is 0.111. The fourth-order valence-corrected chi connectivity index (χ4v) is 2.41. The summed E-state index contributed by atoms with van der Waals surface area (Å²) in [6.45, 7) is 3.96. The summed E-state index contributed by atoms with van der Waals surface area (Å²) in [7, 11) is 0. The Morgan fingerprint density at radius 3 is 2.65 bits per heavy atom. The van der Waals surface area contributed by atoms with Crippen molar-refractivity contribution in [3.8, 4) is 0 Å². The molecule has 3 rings (SSSR count). The summed E-state index contributed by atoms with van der Waals surface area (Å²) in [6, 6.07) is 9.96. The zero-order valence-corrected chi connectivity index (χ0v) is 13.3. The summed E-state index contributed by atoms with van der Waals surface area (Å²) < 4.78 is 19.0. The molecule has 1 heterocycles. The van der Waals surface area contributed by atoms with Gasteiger partial charge in [0.25, 0.3) is 0 Å². The van der Waals surface area contributed by atoms with Gasteiger partial charge in [-0.3, -0.25) is 0 Å². The second kappa shape index (κ2) is 5.97. The molecule has 0 aliphatic carbocycles. The van der Waals surface area contributed by atoms with Gasteiger partial charge in [-0.05, 0) is 55.3 Å². The van der Waals surface area contributed by atoms with E-state index >= 15 is 0 Å². The number of carbonyl (C=O) groups excluding carboxylic acids is 1. The molecule has 3 nitrogen and oxygen atoms in total. The Hall–Kier alpha value is -2.46. The monoisotopic (exact) mass is 329 g/mol. The highest BCUT2D eigenvalue weighted by Gasteiger charge is 2.25. The van der Waals surface area contributed by atoms with Crippen molar-refractivity contribution in [3.63, 3.8) is 0 Å². The van der Waals surface area contributed by atoms with Gasteiger partial charge < -0.3 is 4.74 Å². The lowest BCUT2D eigenvalue weighted by molar-refractivity contribution is -0.129. The van der Waals surface area contributed by atoms with Gasteiger partial charge in [-0.15, -0.1) is 0 Å².